The lowest BCUT2D eigenvalue weighted by molar-refractivity contribution is -0.146. The van der Waals surface area contributed by atoms with E-state index in [0.29, 0.717) is 12.3 Å². The predicted octanol–water partition coefficient (Wildman–Crippen LogP) is 1.32. The molecule has 4 heteroatoms. The maximum atomic E-state index is 11.3. The van der Waals surface area contributed by atoms with Gasteiger partial charge in [0, 0.05) is 20.0 Å². The predicted molar refractivity (Wildman–Crippen MR) is 54.4 cm³/mol. The molecular formula is C11H18O4. The molecule has 0 bridgehead atoms. The van der Waals surface area contributed by atoms with E-state index in [9.17, 15) is 9.59 Å². The van der Waals surface area contributed by atoms with E-state index >= 15 is 0 Å². The zero-order valence-electron chi connectivity index (χ0n) is 9.32. The van der Waals surface area contributed by atoms with Crippen LogP contribution < -0.4 is 0 Å². The molecule has 86 valence electrons. The third kappa shape index (κ3) is 4.93. The van der Waals surface area contributed by atoms with Gasteiger partial charge in [-0.2, -0.15) is 0 Å². The minimum atomic E-state index is -0.415. The number of carbonyl (C=O) groups is 2. The molecular weight excluding hydrogens is 196 g/mol. The number of rotatable bonds is 4. The molecule has 0 saturated carbocycles. The van der Waals surface area contributed by atoms with Crippen molar-refractivity contribution in [1.82, 2.24) is 0 Å². The molecule has 1 heterocycles. The number of ether oxygens (including phenoxy) is 2. The summed E-state index contributed by atoms with van der Waals surface area (Å²) in [5.74, 6) is 0.108. The molecule has 1 fully saturated rings. The molecule has 4 nitrogen and oxygen atoms in total. The largest absolute Gasteiger partial charge is 0.458 e. The van der Waals surface area contributed by atoms with Gasteiger partial charge in [-0.05, 0) is 18.8 Å². The van der Waals surface area contributed by atoms with Crippen molar-refractivity contribution in [3.63, 3.8) is 0 Å². The van der Waals surface area contributed by atoms with E-state index in [4.69, 9.17) is 4.74 Å². The highest BCUT2D eigenvalue weighted by atomic mass is 16.5. The molecule has 1 saturated heterocycles. The minimum Gasteiger partial charge on any atom is -0.458 e. The monoisotopic (exact) mass is 214 g/mol. The lowest BCUT2D eigenvalue weighted by Gasteiger charge is -2.26. The van der Waals surface area contributed by atoms with Gasteiger partial charge >= 0.3 is 5.97 Å². The fourth-order valence-electron chi connectivity index (χ4n) is 1.59. The van der Waals surface area contributed by atoms with Crippen LogP contribution in [0.4, 0.5) is 0 Å². The normalized spacial score (nSPS) is 26.0. The van der Waals surface area contributed by atoms with E-state index in [1.807, 2.05) is 0 Å². The van der Waals surface area contributed by atoms with Crippen LogP contribution in [0.5, 0.6) is 0 Å². The van der Waals surface area contributed by atoms with Crippen molar-refractivity contribution >= 4 is 11.8 Å². The highest BCUT2D eigenvalue weighted by molar-refractivity contribution is 5.82. The molecule has 0 N–H and O–H groups in total. The average molecular weight is 214 g/mol. The highest BCUT2D eigenvalue weighted by Crippen LogP contribution is 2.20. The first-order chi connectivity index (χ1) is 7.08. The van der Waals surface area contributed by atoms with Crippen molar-refractivity contribution in [3.8, 4) is 0 Å². The van der Waals surface area contributed by atoms with E-state index in [1.165, 1.54) is 6.92 Å². The van der Waals surface area contributed by atoms with Crippen molar-refractivity contribution in [2.24, 2.45) is 5.92 Å². The molecule has 0 aromatic heterocycles. The Balaban J connectivity index is 2.17. The van der Waals surface area contributed by atoms with Crippen LogP contribution >= 0.6 is 0 Å². The number of esters is 1. The zero-order valence-corrected chi connectivity index (χ0v) is 9.32. The van der Waals surface area contributed by atoms with Gasteiger partial charge in [0.1, 0.15) is 6.61 Å². The van der Waals surface area contributed by atoms with Gasteiger partial charge in [0.2, 0.25) is 0 Å². The Kier molecular flexibility index (Phi) is 4.75. The summed E-state index contributed by atoms with van der Waals surface area (Å²) >= 11 is 0. The second-order valence-corrected chi connectivity index (χ2v) is 4.16. The second kappa shape index (κ2) is 5.85. The van der Waals surface area contributed by atoms with Crippen LogP contribution in [-0.2, 0) is 19.1 Å². The standard InChI is InChI=1S/C11H18O4/c1-8-3-4-11(15-6-8)5-10(13)7-14-9(2)12/h8,11H,3-7H2,1-2H3/t8-,11+/m0/s1. The Morgan fingerprint density at radius 1 is 1.40 bits per heavy atom. The van der Waals surface area contributed by atoms with Crippen LogP contribution in [0.1, 0.15) is 33.1 Å². The van der Waals surface area contributed by atoms with Crippen molar-refractivity contribution < 1.29 is 19.1 Å². The highest BCUT2D eigenvalue weighted by Gasteiger charge is 2.21. The summed E-state index contributed by atoms with van der Waals surface area (Å²) in [4.78, 5) is 21.8. The summed E-state index contributed by atoms with van der Waals surface area (Å²) in [7, 11) is 0. The van der Waals surface area contributed by atoms with E-state index in [1.54, 1.807) is 0 Å². The van der Waals surface area contributed by atoms with E-state index in [0.717, 1.165) is 19.4 Å². The fourth-order valence-corrected chi connectivity index (χ4v) is 1.59. The molecule has 2 atom stereocenters. The van der Waals surface area contributed by atoms with Gasteiger partial charge in [0.05, 0.1) is 6.10 Å². The molecule has 1 aliphatic rings. The van der Waals surface area contributed by atoms with Crippen LogP contribution in [-0.4, -0.2) is 31.1 Å². The molecule has 1 rings (SSSR count). The number of carbonyl (C=O) groups excluding carboxylic acids is 2. The smallest absolute Gasteiger partial charge is 0.303 e. The van der Waals surface area contributed by atoms with Crippen LogP contribution in [0.2, 0.25) is 0 Å². The third-order valence-corrected chi connectivity index (χ3v) is 2.49. The summed E-state index contributed by atoms with van der Waals surface area (Å²) in [6.45, 7) is 4.04. The van der Waals surface area contributed by atoms with Gasteiger partial charge in [-0.15, -0.1) is 0 Å². The first kappa shape index (κ1) is 12.2. The Morgan fingerprint density at radius 3 is 2.67 bits per heavy atom. The molecule has 0 spiro atoms. The van der Waals surface area contributed by atoms with E-state index < -0.39 is 5.97 Å². The summed E-state index contributed by atoms with van der Waals surface area (Å²) in [6, 6.07) is 0. The van der Waals surface area contributed by atoms with Crippen LogP contribution in [0, 0.1) is 5.92 Å². The van der Waals surface area contributed by atoms with Crippen molar-refractivity contribution in [1.29, 1.82) is 0 Å². The topological polar surface area (TPSA) is 52.6 Å². The zero-order chi connectivity index (χ0) is 11.3. The van der Waals surface area contributed by atoms with Crippen LogP contribution in [0.25, 0.3) is 0 Å². The number of hydrogen-bond donors (Lipinski definition) is 0. The minimum absolute atomic E-state index is 0.0178. The lowest BCUT2D eigenvalue weighted by atomic mass is 9.98. The van der Waals surface area contributed by atoms with Crippen LogP contribution in [0.15, 0.2) is 0 Å². The molecule has 15 heavy (non-hydrogen) atoms. The number of ketones is 1. The van der Waals surface area contributed by atoms with Crippen molar-refractivity contribution in [3.05, 3.63) is 0 Å². The summed E-state index contributed by atoms with van der Waals surface area (Å²) in [5, 5.41) is 0. The molecule has 0 unspecified atom stereocenters. The number of Topliss-reactive ketones (excluding diaryl/α,β-unsaturated/α-hetero) is 1. The SMILES string of the molecule is CC(=O)OCC(=O)C[C@H]1CC[C@H](C)CO1. The van der Waals surface area contributed by atoms with Gasteiger partial charge < -0.3 is 9.47 Å². The summed E-state index contributed by atoms with van der Waals surface area (Å²) in [6.07, 6.45) is 2.41. The Labute approximate surface area is 89.9 Å². The maximum absolute atomic E-state index is 11.3. The fraction of sp³-hybridized carbons (Fsp3) is 0.818. The van der Waals surface area contributed by atoms with Gasteiger partial charge in [-0.1, -0.05) is 6.92 Å². The Bertz CT molecular complexity index is 229. The summed E-state index contributed by atoms with van der Waals surface area (Å²) in [5.41, 5.74) is 0. The number of hydrogen-bond acceptors (Lipinski definition) is 4. The Morgan fingerprint density at radius 2 is 2.13 bits per heavy atom. The second-order valence-electron chi connectivity index (χ2n) is 4.16. The molecule has 0 aromatic carbocycles. The molecule has 0 amide bonds. The van der Waals surface area contributed by atoms with Gasteiger partial charge in [-0.25, -0.2) is 0 Å². The van der Waals surface area contributed by atoms with Gasteiger partial charge in [-0.3, -0.25) is 9.59 Å². The van der Waals surface area contributed by atoms with Crippen molar-refractivity contribution in [2.75, 3.05) is 13.2 Å². The summed E-state index contributed by atoms with van der Waals surface area (Å²) < 4.78 is 10.1. The quantitative estimate of drug-likeness (QED) is 0.662. The van der Waals surface area contributed by atoms with Crippen molar-refractivity contribution in [2.45, 2.75) is 39.2 Å². The Hall–Kier alpha value is -0.900. The van der Waals surface area contributed by atoms with Crippen LogP contribution in [0.3, 0.4) is 0 Å². The molecule has 0 aliphatic carbocycles. The maximum Gasteiger partial charge on any atom is 0.303 e. The van der Waals surface area contributed by atoms with E-state index in [-0.39, 0.29) is 18.5 Å². The molecule has 0 aromatic rings. The molecule has 1 aliphatic heterocycles. The van der Waals surface area contributed by atoms with E-state index in [2.05, 4.69) is 11.7 Å². The average Bonchev–Trinajstić information content (AvgIpc) is 2.19. The van der Waals surface area contributed by atoms with Gasteiger partial charge in [0.25, 0.3) is 0 Å². The molecule has 0 radical (unpaired) electrons. The lowest BCUT2D eigenvalue weighted by Crippen LogP contribution is -2.28. The van der Waals surface area contributed by atoms with Gasteiger partial charge in [0.15, 0.2) is 5.78 Å². The third-order valence-electron chi connectivity index (χ3n) is 2.49. The first-order valence-electron chi connectivity index (χ1n) is 5.34. The first-order valence-corrected chi connectivity index (χ1v) is 5.34.